The minimum absolute atomic E-state index is 0.180. The van der Waals surface area contributed by atoms with E-state index in [-0.39, 0.29) is 22.4 Å². The summed E-state index contributed by atoms with van der Waals surface area (Å²) >= 11 is 12.3. The van der Waals surface area contributed by atoms with Crippen molar-refractivity contribution in [2.24, 2.45) is 0 Å². The summed E-state index contributed by atoms with van der Waals surface area (Å²) in [6.07, 6.45) is 1.90. The van der Waals surface area contributed by atoms with Crippen LogP contribution in [0.5, 0.6) is 0 Å². The Labute approximate surface area is 199 Å². The monoisotopic (exact) mass is 476 g/mol. The summed E-state index contributed by atoms with van der Waals surface area (Å²) in [5, 5.41) is 6.28. The van der Waals surface area contributed by atoms with Gasteiger partial charge in [0.05, 0.1) is 16.3 Å². The predicted octanol–water partition coefficient (Wildman–Crippen LogP) is 4.67. The molecule has 0 unspecified atom stereocenters. The maximum Gasteiger partial charge on any atom is 0.253 e. The lowest BCUT2D eigenvalue weighted by Gasteiger charge is -2.36. The molecule has 2 amide bonds. The van der Waals surface area contributed by atoms with Gasteiger partial charge in [-0.2, -0.15) is 0 Å². The van der Waals surface area contributed by atoms with Crippen molar-refractivity contribution >= 4 is 46.4 Å². The molecule has 0 bridgehead atoms. The van der Waals surface area contributed by atoms with Crippen LogP contribution < -0.4 is 15.5 Å². The fourth-order valence-corrected chi connectivity index (χ4v) is 4.32. The Morgan fingerprint density at radius 3 is 2.44 bits per heavy atom. The van der Waals surface area contributed by atoms with Gasteiger partial charge in [-0.3, -0.25) is 14.5 Å². The molecular weight excluding hydrogens is 447 g/mol. The second-order valence-electron chi connectivity index (χ2n) is 7.88. The molecule has 32 heavy (non-hydrogen) atoms. The van der Waals surface area contributed by atoms with Gasteiger partial charge in [0.1, 0.15) is 0 Å². The molecule has 1 aliphatic heterocycles. The Morgan fingerprint density at radius 2 is 1.75 bits per heavy atom. The molecule has 0 radical (unpaired) electrons. The lowest BCUT2D eigenvalue weighted by molar-refractivity contribution is -0.116. The van der Waals surface area contributed by atoms with Gasteiger partial charge in [-0.1, -0.05) is 48.3 Å². The minimum Gasteiger partial charge on any atom is -0.369 e. The van der Waals surface area contributed by atoms with Gasteiger partial charge in [0.25, 0.3) is 5.91 Å². The molecule has 0 aliphatic carbocycles. The standard InChI is InChI=1S/C24H30Cl2N4O2/c1-2-7-22(31)28-23-20(16-18(25)17-21(23)26)24(32)27-10-6-11-29-12-14-30(15-13-29)19-8-4-3-5-9-19/h3-5,8-9,16-17H,2,6-7,10-15H2,1H3,(H,27,32)(H,28,31). The first kappa shape index (κ1) is 24.4. The van der Waals surface area contributed by atoms with Crippen molar-refractivity contribution < 1.29 is 9.59 Å². The molecule has 8 heteroatoms. The van der Waals surface area contributed by atoms with Crippen molar-refractivity contribution in [1.29, 1.82) is 0 Å². The number of nitrogens with zero attached hydrogens (tertiary/aromatic N) is 2. The van der Waals surface area contributed by atoms with Crippen LogP contribution in [0.4, 0.5) is 11.4 Å². The number of rotatable bonds is 9. The number of anilines is 2. The lowest BCUT2D eigenvalue weighted by Crippen LogP contribution is -2.47. The first-order valence-electron chi connectivity index (χ1n) is 11.1. The van der Waals surface area contributed by atoms with Crippen LogP contribution in [0.15, 0.2) is 42.5 Å². The average Bonchev–Trinajstić information content (AvgIpc) is 2.79. The van der Waals surface area contributed by atoms with Crippen molar-refractivity contribution in [2.75, 3.05) is 49.5 Å². The van der Waals surface area contributed by atoms with Crippen molar-refractivity contribution in [3.05, 3.63) is 58.1 Å². The molecule has 0 spiro atoms. The second kappa shape index (κ2) is 12.1. The summed E-state index contributed by atoms with van der Waals surface area (Å²) < 4.78 is 0. The molecule has 3 rings (SSSR count). The number of hydrogen-bond donors (Lipinski definition) is 2. The van der Waals surface area contributed by atoms with Crippen molar-refractivity contribution in [3.8, 4) is 0 Å². The number of carbonyl (C=O) groups is 2. The maximum atomic E-state index is 12.8. The number of nitrogens with one attached hydrogen (secondary N) is 2. The highest BCUT2D eigenvalue weighted by Gasteiger charge is 2.19. The van der Waals surface area contributed by atoms with Crippen LogP contribution in [0.2, 0.25) is 10.0 Å². The zero-order valence-electron chi connectivity index (χ0n) is 18.4. The zero-order valence-corrected chi connectivity index (χ0v) is 19.9. The van der Waals surface area contributed by atoms with Crippen molar-refractivity contribution in [3.63, 3.8) is 0 Å². The third-order valence-electron chi connectivity index (χ3n) is 5.47. The molecule has 1 heterocycles. The Balaban J connectivity index is 1.46. The normalized spacial score (nSPS) is 14.3. The first-order chi connectivity index (χ1) is 15.5. The van der Waals surface area contributed by atoms with Gasteiger partial charge in [-0.15, -0.1) is 0 Å². The summed E-state index contributed by atoms with van der Waals surface area (Å²) in [4.78, 5) is 29.6. The van der Waals surface area contributed by atoms with Crippen LogP contribution >= 0.6 is 23.2 Å². The Morgan fingerprint density at radius 1 is 1.03 bits per heavy atom. The fraction of sp³-hybridized carbons (Fsp3) is 0.417. The highest BCUT2D eigenvalue weighted by Crippen LogP contribution is 2.30. The minimum atomic E-state index is -0.296. The van der Waals surface area contributed by atoms with Crippen LogP contribution in [0.1, 0.15) is 36.5 Å². The second-order valence-corrected chi connectivity index (χ2v) is 8.73. The van der Waals surface area contributed by atoms with E-state index in [1.165, 1.54) is 17.8 Å². The van der Waals surface area contributed by atoms with E-state index < -0.39 is 0 Å². The average molecular weight is 477 g/mol. The molecule has 1 fully saturated rings. The molecule has 0 aromatic heterocycles. The molecule has 0 saturated carbocycles. The van der Waals surface area contributed by atoms with E-state index in [0.29, 0.717) is 30.1 Å². The molecule has 1 aliphatic rings. The van der Waals surface area contributed by atoms with E-state index in [1.807, 2.05) is 13.0 Å². The van der Waals surface area contributed by atoms with Crippen LogP contribution in [0, 0.1) is 0 Å². The molecular formula is C24H30Cl2N4O2. The Hall–Kier alpha value is -2.28. The van der Waals surface area contributed by atoms with E-state index in [0.717, 1.165) is 39.1 Å². The Kier molecular flexibility index (Phi) is 9.21. The number of amides is 2. The highest BCUT2D eigenvalue weighted by molar-refractivity contribution is 6.38. The van der Waals surface area contributed by atoms with Gasteiger partial charge in [0.15, 0.2) is 0 Å². The number of carbonyl (C=O) groups excluding carboxylic acids is 2. The van der Waals surface area contributed by atoms with E-state index in [1.54, 1.807) is 0 Å². The van der Waals surface area contributed by atoms with E-state index in [4.69, 9.17) is 23.2 Å². The molecule has 0 atom stereocenters. The number of halogens is 2. The van der Waals surface area contributed by atoms with Crippen LogP contribution in [-0.2, 0) is 4.79 Å². The molecule has 2 N–H and O–H groups in total. The molecule has 2 aromatic rings. The predicted molar refractivity (Wildman–Crippen MR) is 132 cm³/mol. The fourth-order valence-electron chi connectivity index (χ4n) is 3.78. The summed E-state index contributed by atoms with van der Waals surface area (Å²) in [7, 11) is 0. The summed E-state index contributed by atoms with van der Waals surface area (Å²) in [6.45, 7) is 7.36. The molecule has 1 saturated heterocycles. The lowest BCUT2D eigenvalue weighted by atomic mass is 10.1. The summed E-state index contributed by atoms with van der Waals surface area (Å²) in [5.74, 6) is -0.476. The van der Waals surface area contributed by atoms with Crippen molar-refractivity contribution in [1.82, 2.24) is 10.2 Å². The van der Waals surface area contributed by atoms with Gasteiger partial charge in [-0.05, 0) is 43.7 Å². The number of para-hydroxylation sites is 1. The summed E-state index contributed by atoms with van der Waals surface area (Å²) in [6, 6.07) is 13.5. The maximum absolute atomic E-state index is 12.8. The van der Waals surface area contributed by atoms with Gasteiger partial charge >= 0.3 is 0 Å². The van der Waals surface area contributed by atoms with Crippen LogP contribution in [-0.4, -0.2) is 56.0 Å². The quantitative estimate of drug-likeness (QED) is 0.515. The third kappa shape index (κ3) is 6.86. The molecule has 2 aromatic carbocycles. The first-order valence-corrected chi connectivity index (χ1v) is 11.8. The third-order valence-corrected chi connectivity index (χ3v) is 5.99. The highest BCUT2D eigenvalue weighted by atomic mass is 35.5. The van der Waals surface area contributed by atoms with Gasteiger partial charge in [0.2, 0.25) is 5.91 Å². The molecule has 6 nitrogen and oxygen atoms in total. The van der Waals surface area contributed by atoms with E-state index >= 15 is 0 Å². The van der Waals surface area contributed by atoms with Crippen LogP contribution in [0.3, 0.4) is 0 Å². The SMILES string of the molecule is CCCC(=O)Nc1c(Cl)cc(Cl)cc1C(=O)NCCCN1CCN(c2ccccc2)CC1. The van der Waals surface area contributed by atoms with Crippen molar-refractivity contribution in [2.45, 2.75) is 26.2 Å². The largest absolute Gasteiger partial charge is 0.369 e. The topological polar surface area (TPSA) is 64.7 Å². The van der Waals surface area contributed by atoms with Gasteiger partial charge in [0, 0.05) is 49.9 Å². The zero-order chi connectivity index (χ0) is 22.9. The number of benzene rings is 2. The van der Waals surface area contributed by atoms with Gasteiger partial charge < -0.3 is 15.5 Å². The van der Waals surface area contributed by atoms with E-state index in [9.17, 15) is 9.59 Å². The smallest absolute Gasteiger partial charge is 0.253 e. The molecule has 172 valence electrons. The van der Waals surface area contributed by atoms with Crippen LogP contribution in [0.25, 0.3) is 0 Å². The van der Waals surface area contributed by atoms with Gasteiger partial charge in [-0.25, -0.2) is 0 Å². The van der Waals surface area contributed by atoms with E-state index in [2.05, 4.69) is 44.7 Å². The number of piperazine rings is 1. The Bertz CT molecular complexity index is 916. The number of hydrogen-bond acceptors (Lipinski definition) is 4. The summed E-state index contributed by atoms with van der Waals surface area (Å²) in [5.41, 5.74) is 1.86.